The lowest BCUT2D eigenvalue weighted by Gasteiger charge is -2.11. The van der Waals surface area contributed by atoms with Gasteiger partial charge < -0.3 is 9.88 Å². The van der Waals surface area contributed by atoms with Gasteiger partial charge in [0.2, 0.25) is 0 Å². The molecule has 0 amide bonds. The molecule has 1 heterocycles. The van der Waals surface area contributed by atoms with E-state index in [1.165, 1.54) is 22.9 Å². The van der Waals surface area contributed by atoms with E-state index in [0.717, 1.165) is 25.6 Å². The molecule has 2 aromatic rings. The van der Waals surface area contributed by atoms with E-state index in [4.69, 9.17) is 0 Å². The van der Waals surface area contributed by atoms with Crippen molar-refractivity contribution >= 4 is 10.9 Å². The number of nitrogens with one attached hydrogen (secondary N) is 1. The lowest BCUT2D eigenvalue weighted by molar-refractivity contribution is 0.477. The van der Waals surface area contributed by atoms with Gasteiger partial charge in [0.05, 0.1) is 0 Å². The molecule has 1 aromatic heterocycles. The Balaban J connectivity index is 2.20. The van der Waals surface area contributed by atoms with Gasteiger partial charge in [0.15, 0.2) is 0 Å². The van der Waals surface area contributed by atoms with Gasteiger partial charge in [-0.1, -0.05) is 33.3 Å². The highest BCUT2D eigenvalue weighted by Crippen LogP contribution is 2.19. The largest absolute Gasteiger partial charge is 0.347 e. The topological polar surface area (TPSA) is 17.0 Å². The van der Waals surface area contributed by atoms with Crippen molar-refractivity contribution in [2.24, 2.45) is 5.92 Å². The molecule has 0 fully saturated rings. The summed E-state index contributed by atoms with van der Waals surface area (Å²) in [7, 11) is 0. The predicted molar refractivity (Wildman–Crippen MR) is 78.8 cm³/mol. The minimum atomic E-state index is 0.738. The summed E-state index contributed by atoms with van der Waals surface area (Å²) in [5, 5.41) is 4.73. The van der Waals surface area contributed by atoms with Crippen LogP contribution in [0.3, 0.4) is 0 Å². The maximum atomic E-state index is 3.37. The predicted octanol–water partition coefficient (Wildman–Crippen LogP) is 3.80. The molecular formula is C16H24N2. The van der Waals surface area contributed by atoms with Crippen molar-refractivity contribution in [3.8, 4) is 0 Å². The summed E-state index contributed by atoms with van der Waals surface area (Å²) < 4.78 is 2.38. The number of aromatic nitrogens is 1. The molecule has 1 aromatic carbocycles. The third kappa shape index (κ3) is 2.94. The van der Waals surface area contributed by atoms with Crippen molar-refractivity contribution in [1.82, 2.24) is 9.88 Å². The average Bonchev–Trinajstić information content (AvgIpc) is 2.78. The Kier molecular flexibility index (Phi) is 4.43. The second kappa shape index (κ2) is 6.05. The Morgan fingerprint density at radius 1 is 1.22 bits per heavy atom. The SMILES string of the molecule is CCNCc1ccc2c(ccn2CC(C)CC)c1. The van der Waals surface area contributed by atoms with E-state index >= 15 is 0 Å². The second-order valence-electron chi connectivity index (χ2n) is 5.16. The van der Waals surface area contributed by atoms with E-state index in [-0.39, 0.29) is 0 Å². The average molecular weight is 244 g/mol. The zero-order chi connectivity index (χ0) is 13.0. The van der Waals surface area contributed by atoms with Crippen LogP contribution in [0.4, 0.5) is 0 Å². The first-order valence-corrected chi connectivity index (χ1v) is 7.03. The summed E-state index contributed by atoms with van der Waals surface area (Å²) >= 11 is 0. The van der Waals surface area contributed by atoms with Crippen LogP contribution in [0.5, 0.6) is 0 Å². The van der Waals surface area contributed by atoms with Crippen molar-refractivity contribution in [1.29, 1.82) is 0 Å². The molecule has 1 N–H and O–H groups in total. The molecule has 0 aliphatic carbocycles. The van der Waals surface area contributed by atoms with Crippen LogP contribution >= 0.6 is 0 Å². The van der Waals surface area contributed by atoms with Crippen LogP contribution in [0.2, 0.25) is 0 Å². The van der Waals surface area contributed by atoms with E-state index in [2.05, 4.69) is 61.1 Å². The highest BCUT2D eigenvalue weighted by molar-refractivity contribution is 5.80. The van der Waals surface area contributed by atoms with Crippen molar-refractivity contribution in [3.05, 3.63) is 36.0 Å². The van der Waals surface area contributed by atoms with Crippen LogP contribution in [0.15, 0.2) is 30.5 Å². The third-order valence-corrected chi connectivity index (χ3v) is 3.62. The molecule has 2 rings (SSSR count). The Morgan fingerprint density at radius 2 is 2.06 bits per heavy atom. The first kappa shape index (κ1) is 13.2. The van der Waals surface area contributed by atoms with Crippen molar-refractivity contribution < 1.29 is 0 Å². The Labute approximate surface area is 110 Å². The van der Waals surface area contributed by atoms with E-state index in [9.17, 15) is 0 Å². The molecule has 1 unspecified atom stereocenters. The number of fused-ring (bicyclic) bond motifs is 1. The standard InChI is InChI=1S/C16H24N2/c1-4-13(3)12-18-9-8-15-10-14(11-17-5-2)6-7-16(15)18/h6-10,13,17H,4-5,11-12H2,1-3H3. The van der Waals surface area contributed by atoms with E-state index < -0.39 is 0 Å². The van der Waals surface area contributed by atoms with E-state index in [1.54, 1.807) is 0 Å². The normalized spacial score (nSPS) is 13.1. The highest BCUT2D eigenvalue weighted by atomic mass is 15.0. The van der Waals surface area contributed by atoms with Gasteiger partial charge >= 0.3 is 0 Å². The molecule has 0 spiro atoms. The van der Waals surface area contributed by atoms with Crippen LogP contribution in [-0.4, -0.2) is 11.1 Å². The molecular weight excluding hydrogens is 220 g/mol. The Bertz CT molecular complexity index is 499. The van der Waals surface area contributed by atoms with Gasteiger partial charge in [-0.15, -0.1) is 0 Å². The number of benzene rings is 1. The fourth-order valence-electron chi connectivity index (χ4n) is 2.25. The summed E-state index contributed by atoms with van der Waals surface area (Å²) in [6, 6.07) is 9.01. The van der Waals surface area contributed by atoms with Gasteiger partial charge in [0.1, 0.15) is 0 Å². The van der Waals surface area contributed by atoms with E-state index in [0.29, 0.717) is 0 Å². The lowest BCUT2D eigenvalue weighted by Crippen LogP contribution is -2.11. The van der Waals surface area contributed by atoms with Crippen LogP contribution in [0, 0.1) is 5.92 Å². The van der Waals surface area contributed by atoms with E-state index in [1.807, 2.05) is 0 Å². The summed E-state index contributed by atoms with van der Waals surface area (Å²) in [5.41, 5.74) is 2.72. The van der Waals surface area contributed by atoms with Crippen LogP contribution in [-0.2, 0) is 13.1 Å². The number of hydrogen-bond acceptors (Lipinski definition) is 1. The minimum Gasteiger partial charge on any atom is -0.347 e. The fourth-order valence-corrected chi connectivity index (χ4v) is 2.25. The van der Waals surface area contributed by atoms with Gasteiger partial charge in [-0.05, 0) is 41.6 Å². The van der Waals surface area contributed by atoms with Gasteiger partial charge in [0, 0.05) is 24.8 Å². The second-order valence-corrected chi connectivity index (χ2v) is 5.16. The zero-order valence-corrected chi connectivity index (χ0v) is 11.7. The van der Waals surface area contributed by atoms with Crippen molar-refractivity contribution in [3.63, 3.8) is 0 Å². The summed E-state index contributed by atoms with van der Waals surface area (Å²) in [6.45, 7) is 9.81. The maximum Gasteiger partial charge on any atom is 0.0480 e. The smallest absolute Gasteiger partial charge is 0.0480 e. The minimum absolute atomic E-state index is 0.738. The zero-order valence-electron chi connectivity index (χ0n) is 11.7. The van der Waals surface area contributed by atoms with Crippen LogP contribution in [0.25, 0.3) is 10.9 Å². The highest BCUT2D eigenvalue weighted by Gasteiger charge is 2.05. The monoisotopic (exact) mass is 244 g/mol. The Hall–Kier alpha value is -1.28. The molecule has 0 bridgehead atoms. The maximum absolute atomic E-state index is 3.37. The fraction of sp³-hybridized carbons (Fsp3) is 0.500. The van der Waals surface area contributed by atoms with Crippen molar-refractivity contribution in [2.45, 2.75) is 40.3 Å². The molecule has 0 saturated heterocycles. The quantitative estimate of drug-likeness (QED) is 0.818. The number of rotatable bonds is 6. The Morgan fingerprint density at radius 3 is 2.78 bits per heavy atom. The molecule has 98 valence electrons. The lowest BCUT2D eigenvalue weighted by atomic mass is 10.1. The van der Waals surface area contributed by atoms with Crippen LogP contribution < -0.4 is 5.32 Å². The first-order chi connectivity index (χ1) is 8.74. The molecule has 0 saturated carbocycles. The molecule has 0 aliphatic heterocycles. The molecule has 18 heavy (non-hydrogen) atoms. The molecule has 0 aliphatic rings. The number of hydrogen-bond donors (Lipinski definition) is 1. The van der Waals surface area contributed by atoms with Crippen LogP contribution in [0.1, 0.15) is 32.8 Å². The molecule has 2 heteroatoms. The third-order valence-electron chi connectivity index (χ3n) is 3.62. The summed E-state index contributed by atoms with van der Waals surface area (Å²) in [4.78, 5) is 0. The van der Waals surface area contributed by atoms with Gasteiger partial charge in [-0.3, -0.25) is 0 Å². The van der Waals surface area contributed by atoms with Gasteiger partial charge in [0.25, 0.3) is 0 Å². The first-order valence-electron chi connectivity index (χ1n) is 7.03. The summed E-state index contributed by atoms with van der Waals surface area (Å²) in [5.74, 6) is 0.738. The number of nitrogens with zero attached hydrogens (tertiary/aromatic N) is 1. The summed E-state index contributed by atoms with van der Waals surface area (Å²) in [6.07, 6.45) is 3.45. The van der Waals surface area contributed by atoms with Gasteiger partial charge in [-0.2, -0.15) is 0 Å². The van der Waals surface area contributed by atoms with Gasteiger partial charge in [-0.25, -0.2) is 0 Å². The molecule has 1 atom stereocenters. The molecule has 2 nitrogen and oxygen atoms in total. The molecule has 0 radical (unpaired) electrons. The van der Waals surface area contributed by atoms with Crippen molar-refractivity contribution in [2.75, 3.05) is 6.54 Å².